The van der Waals surface area contributed by atoms with Gasteiger partial charge in [-0.05, 0) is 42.9 Å². The van der Waals surface area contributed by atoms with Gasteiger partial charge in [0.05, 0.1) is 12.5 Å². The van der Waals surface area contributed by atoms with Crippen molar-refractivity contribution in [2.45, 2.75) is 59.2 Å². The molecule has 1 saturated heterocycles. The highest BCUT2D eigenvalue weighted by molar-refractivity contribution is 6.67. The molecule has 4 bridgehead atoms. The highest BCUT2D eigenvalue weighted by atomic mass is 35.6. The van der Waals surface area contributed by atoms with Gasteiger partial charge in [-0.1, -0.05) is 77.3 Å². The van der Waals surface area contributed by atoms with Crippen LogP contribution in [0.4, 0.5) is 4.79 Å². The van der Waals surface area contributed by atoms with Gasteiger partial charge in [-0.3, -0.25) is 4.79 Å². The van der Waals surface area contributed by atoms with E-state index in [2.05, 4.69) is 12.1 Å². The van der Waals surface area contributed by atoms with E-state index in [4.69, 9.17) is 53.8 Å². The molecule has 11 heteroatoms. The van der Waals surface area contributed by atoms with E-state index in [1.54, 1.807) is 24.0 Å². The Morgan fingerprint density at radius 2 is 1.86 bits per heavy atom. The fraction of sp³-hybridized carbons (Fsp3) is 0.500. The van der Waals surface area contributed by atoms with Crippen LogP contribution in [-0.4, -0.2) is 77.8 Å². The van der Waals surface area contributed by atoms with Crippen LogP contribution >= 0.6 is 34.8 Å². The van der Waals surface area contributed by atoms with E-state index in [0.717, 1.165) is 16.7 Å². The van der Waals surface area contributed by atoms with Crippen LogP contribution in [-0.2, 0) is 32.6 Å². The fourth-order valence-corrected chi connectivity index (χ4v) is 9.05. The molecule has 228 valence electrons. The lowest BCUT2D eigenvalue weighted by atomic mass is 9.37. The number of hydrogen-bond donors (Lipinski definition) is 0. The summed E-state index contributed by atoms with van der Waals surface area (Å²) in [5, 5.41) is 0. The predicted molar refractivity (Wildman–Crippen MR) is 162 cm³/mol. The van der Waals surface area contributed by atoms with Crippen molar-refractivity contribution in [3.05, 3.63) is 70.8 Å². The normalized spacial score (nSPS) is 31.1. The van der Waals surface area contributed by atoms with Crippen molar-refractivity contribution >= 4 is 46.8 Å². The van der Waals surface area contributed by atoms with Gasteiger partial charge in [-0.15, -0.1) is 0 Å². The molecule has 6 aliphatic rings. The summed E-state index contributed by atoms with van der Waals surface area (Å²) in [6.07, 6.45) is 3.52. The van der Waals surface area contributed by atoms with Gasteiger partial charge in [0.2, 0.25) is 3.79 Å². The van der Waals surface area contributed by atoms with Gasteiger partial charge in [0.25, 0.3) is 5.91 Å². The van der Waals surface area contributed by atoms with Gasteiger partial charge in [0.1, 0.15) is 18.3 Å². The number of piperidine rings is 1. The van der Waals surface area contributed by atoms with Crippen LogP contribution in [0.1, 0.15) is 36.0 Å². The second-order valence-electron chi connectivity index (χ2n) is 12.3. The molecule has 8 nitrogen and oxygen atoms in total. The lowest BCUT2D eigenvalue weighted by Gasteiger charge is -2.70. The van der Waals surface area contributed by atoms with E-state index in [0.29, 0.717) is 55.8 Å². The Morgan fingerprint density at radius 3 is 2.56 bits per heavy atom. The van der Waals surface area contributed by atoms with Gasteiger partial charge in [0, 0.05) is 49.8 Å². The van der Waals surface area contributed by atoms with Crippen molar-refractivity contribution in [1.82, 2.24) is 9.80 Å². The van der Waals surface area contributed by atoms with E-state index in [1.165, 1.54) is 0 Å². The number of methoxy groups -OCH3 is 2. The molecular formula is C32H33Cl3N2O6. The lowest BCUT2D eigenvalue weighted by Crippen LogP contribution is -2.79. The molecule has 0 radical (unpaired) electrons. The summed E-state index contributed by atoms with van der Waals surface area (Å²) in [7, 11) is 5.11. The lowest BCUT2D eigenvalue weighted by molar-refractivity contribution is -0.194. The number of ether oxygens (including phenoxy) is 4. The Bertz CT molecular complexity index is 1530. The average Bonchev–Trinajstić information content (AvgIpc) is 3.36. The summed E-state index contributed by atoms with van der Waals surface area (Å²) in [5.74, 6) is 1.24. The van der Waals surface area contributed by atoms with Gasteiger partial charge in [-0.2, -0.15) is 0 Å². The number of nitrogens with zero attached hydrogens (tertiary/aromatic N) is 2. The van der Waals surface area contributed by atoms with E-state index in [1.807, 2.05) is 43.4 Å². The first-order valence-electron chi connectivity index (χ1n) is 14.5. The number of likely N-dealkylation sites (tertiary alicyclic amines) is 1. The molecule has 2 aromatic rings. The van der Waals surface area contributed by atoms with Crippen LogP contribution in [0, 0.1) is 5.41 Å². The largest absolute Gasteiger partial charge is 0.493 e. The topological polar surface area (TPSA) is 77.5 Å². The molecule has 43 heavy (non-hydrogen) atoms. The number of likely N-dealkylation sites (N-methyl/N-ethyl adjacent to an activating group) is 1. The van der Waals surface area contributed by atoms with Crippen molar-refractivity contribution in [3.8, 4) is 11.5 Å². The number of benzene rings is 2. The number of alkyl halides is 3. The molecule has 0 unspecified atom stereocenters. The number of fused-ring (bicyclic) bond motifs is 1. The summed E-state index contributed by atoms with van der Waals surface area (Å²) in [6.45, 7) is 0.502. The quantitative estimate of drug-likeness (QED) is 0.381. The monoisotopic (exact) mass is 646 g/mol. The molecule has 8 rings (SSSR count). The number of hydrogen-bond acceptors (Lipinski definition) is 6. The second kappa shape index (κ2) is 9.93. The third-order valence-corrected chi connectivity index (χ3v) is 10.8. The van der Waals surface area contributed by atoms with Crippen molar-refractivity contribution in [2.24, 2.45) is 5.41 Å². The standard InChI is InChI=1S/C32H33Cl3N2O6/c1-36(17-19-7-5-4-6-8-19)26(38)21-16-29-11-12-31(21,41-3)27-30(29)13-14-37(28(39)42-18-32(33,34)35)23(29)15-20-9-10-22(40-2)25(43-27)24(20)30/h4-10,16,23,27H,11-15,17-18H2,1-3H3/t23-,27-,29-,30+,31-/m1/s1. The Morgan fingerprint density at radius 1 is 1.09 bits per heavy atom. The summed E-state index contributed by atoms with van der Waals surface area (Å²) in [5.41, 5.74) is 1.67. The fourth-order valence-electron chi connectivity index (χ4n) is 8.89. The van der Waals surface area contributed by atoms with E-state index < -0.39 is 32.4 Å². The zero-order valence-corrected chi connectivity index (χ0v) is 26.5. The molecule has 4 aliphatic carbocycles. The van der Waals surface area contributed by atoms with Crippen LogP contribution in [0.5, 0.6) is 11.5 Å². The molecular weight excluding hydrogens is 615 g/mol. The van der Waals surface area contributed by atoms with Crippen LogP contribution in [0.3, 0.4) is 0 Å². The predicted octanol–water partition coefficient (Wildman–Crippen LogP) is 5.60. The molecule has 2 fully saturated rings. The molecule has 2 heterocycles. The minimum Gasteiger partial charge on any atom is -0.493 e. The highest BCUT2D eigenvalue weighted by Crippen LogP contribution is 2.75. The van der Waals surface area contributed by atoms with Crippen LogP contribution < -0.4 is 9.47 Å². The van der Waals surface area contributed by atoms with Crippen molar-refractivity contribution in [2.75, 3.05) is 34.4 Å². The first kappa shape index (κ1) is 29.1. The average molecular weight is 648 g/mol. The van der Waals surface area contributed by atoms with Crippen LogP contribution in [0.25, 0.3) is 0 Å². The van der Waals surface area contributed by atoms with Crippen LogP contribution in [0.2, 0.25) is 0 Å². The number of amides is 2. The second-order valence-corrected chi connectivity index (χ2v) is 14.8. The third kappa shape index (κ3) is 3.92. The first-order valence-corrected chi connectivity index (χ1v) is 15.6. The number of halogens is 3. The van der Waals surface area contributed by atoms with Crippen molar-refractivity contribution < 1.29 is 28.5 Å². The van der Waals surface area contributed by atoms with Crippen molar-refractivity contribution in [3.63, 3.8) is 0 Å². The maximum absolute atomic E-state index is 14.4. The SMILES string of the molecule is COc1ccc2c3c1O[C@@H]1[C@]34CCN(C(=O)OCC(Cl)(Cl)Cl)[C@H](C2)[C@@]42C=C(C(=O)N(C)Cc3ccccc3)[C@]1(OC)CC2. The van der Waals surface area contributed by atoms with Gasteiger partial charge >= 0.3 is 6.09 Å². The van der Waals surface area contributed by atoms with E-state index in [9.17, 15) is 9.59 Å². The molecule has 2 spiro atoms. The summed E-state index contributed by atoms with van der Waals surface area (Å²) in [6, 6.07) is 13.5. The van der Waals surface area contributed by atoms with Crippen molar-refractivity contribution in [1.29, 1.82) is 0 Å². The molecule has 5 atom stereocenters. The Balaban J connectivity index is 1.38. The maximum Gasteiger partial charge on any atom is 0.410 e. The molecule has 0 N–H and O–H groups in total. The summed E-state index contributed by atoms with van der Waals surface area (Å²) in [4.78, 5) is 31.5. The molecule has 2 aliphatic heterocycles. The zero-order chi connectivity index (χ0) is 30.4. The number of carbonyl (C=O) groups excluding carboxylic acids is 2. The summed E-state index contributed by atoms with van der Waals surface area (Å²) < 4.78 is 23.0. The Kier molecular flexibility index (Phi) is 6.71. The van der Waals surface area contributed by atoms with E-state index >= 15 is 0 Å². The minimum absolute atomic E-state index is 0.125. The number of rotatable bonds is 6. The molecule has 1 saturated carbocycles. The van der Waals surface area contributed by atoms with E-state index in [-0.39, 0.29) is 18.6 Å². The van der Waals surface area contributed by atoms with Gasteiger partial charge in [0.15, 0.2) is 11.5 Å². The minimum atomic E-state index is -1.73. The molecule has 0 aromatic heterocycles. The van der Waals surface area contributed by atoms with Gasteiger partial charge < -0.3 is 28.7 Å². The zero-order valence-electron chi connectivity index (χ0n) is 24.2. The van der Waals surface area contributed by atoms with Crippen LogP contribution in [0.15, 0.2) is 54.1 Å². The smallest absolute Gasteiger partial charge is 0.410 e. The molecule has 2 amide bonds. The molecule has 2 aromatic carbocycles. The Hall–Kier alpha value is -2.65. The maximum atomic E-state index is 14.4. The Labute approximate surface area is 265 Å². The van der Waals surface area contributed by atoms with Gasteiger partial charge in [-0.25, -0.2) is 4.79 Å². The summed E-state index contributed by atoms with van der Waals surface area (Å²) >= 11 is 17.8. The third-order valence-electron chi connectivity index (χ3n) is 10.5. The first-order chi connectivity index (χ1) is 20.5. The highest BCUT2D eigenvalue weighted by Gasteiger charge is 2.79. The number of carbonyl (C=O) groups is 2.